The van der Waals surface area contributed by atoms with Crippen LogP contribution >= 0.6 is 0 Å². The van der Waals surface area contributed by atoms with Gasteiger partial charge in [-0.2, -0.15) is 0 Å². The van der Waals surface area contributed by atoms with Crippen molar-refractivity contribution in [3.63, 3.8) is 0 Å². The first kappa shape index (κ1) is 44.5. The van der Waals surface area contributed by atoms with Crippen molar-refractivity contribution < 1.29 is 73.2 Å². The van der Waals surface area contributed by atoms with E-state index in [1.54, 1.807) is 0 Å². The SMILES string of the molecule is O=[Si]([O-])[O-].[Al].[Al].[KH].[KH].[Na+].[Na+]. The maximum absolute atomic E-state index is 8.52. The molecule has 0 amide bonds. The average Bonchev–Trinajstić information content (AvgIpc) is 0.811. The predicted octanol–water partition coefficient (Wildman–Crippen LogP) is -10.9. The van der Waals surface area contributed by atoms with Crippen LogP contribution in [0.3, 0.4) is 0 Å². The van der Waals surface area contributed by atoms with Crippen LogP contribution in [0.15, 0.2) is 0 Å². The molecule has 0 fully saturated rings. The molecule has 0 N–H and O–H groups in total. The van der Waals surface area contributed by atoms with Gasteiger partial charge in [-0.3, -0.25) is 0 Å². The second-order valence-corrected chi connectivity index (χ2v) is 0.750. The summed E-state index contributed by atoms with van der Waals surface area (Å²) in [5.74, 6) is 0. The van der Waals surface area contributed by atoms with E-state index < -0.39 is 9.17 Å². The summed E-state index contributed by atoms with van der Waals surface area (Å²) in [6, 6.07) is 0. The largest absolute Gasteiger partial charge is 1.00 e. The Morgan fingerprint density at radius 2 is 0.900 bits per heavy atom. The van der Waals surface area contributed by atoms with E-state index >= 15 is 0 Å². The Labute approximate surface area is 213 Å². The van der Waals surface area contributed by atoms with Gasteiger partial charge in [0.25, 0.3) is 0 Å². The van der Waals surface area contributed by atoms with Crippen molar-refractivity contribution in [2.45, 2.75) is 0 Å². The maximum atomic E-state index is 8.52. The molecule has 0 aromatic carbocycles. The zero-order chi connectivity index (χ0) is 3.58. The zero-order valence-corrected chi connectivity index (χ0v) is 12.2. The third-order valence-corrected chi connectivity index (χ3v) is 0. The van der Waals surface area contributed by atoms with Crippen LogP contribution in [-0.2, 0) is 4.46 Å². The summed E-state index contributed by atoms with van der Waals surface area (Å²) in [4.78, 5) is 17.0. The van der Waals surface area contributed by atoms with Crippen molar-refractivity contribution in [1.29, 1.82) is 0 Å². The van der Waals surface area contributed by atoms with Crippen LogP contribution in [0.1, 0.15) is 0 Å². The summed E-state index contributed by atoms with van der Waals surface area (Å²) in [5, 5.41) is 0. The summed E-state index contributed by atoms with van der Waals surface area (Å²) in [6.07, 6.45) is 0. The van der Waals surface area contributed by atoms with E-state index in [0.717, 1.165) is 0 Å². The van der Waals surface area contributed by atoms with Crippen LogP contribution in [-0.4, -0.2) is 147 Å². The Bertz CT molecular complexity index is 45.5. The molecular formula is H2Al2K2Na2O3Si. The number of hydrogen-bond acceptors (Lipinski definition) is 3. The van der Waals surface area contributed by atoms with E-state index in [4.69, 9.17) is 14.1 Å². The zero-order valence-electron chi connectivity index (χ0n) is 4.88. The van der Waals surface area contributed by atoms with Crippen molar-refractivity contribution in [2.24, 2.45) is 0 Å². The van der Waals surface area contributed by atoms with E-state index in [2.05, 4.69) is 0 Å². The second-order valence-electron chi connectivity index (χ2n) is 0.250. The van der Waals surface area contributed by atoms with Crippen molar-refractivity contribution in [1.82, 2.24) is 0 Å². The Kier molecular flexibility index (Phi) is 162. The van der Waals surface area contributed by atoms with Gasteiger partial charge in [0.2, 0.25) is 0 Å². The molecule has 34 valence electrons. The van der Waals surface area contributed by atoms with E-state index in [9.17, 15) is 0 Å². The molecule has 0 spiro atoms. The normalized spacial score (nSPS) is 2.40. The van der Waals surface area contributed by atoms with Gasteiger partial charge in [0.05, 0.1) is 0 Å². The van der Waals surface area contributed by atoms with Crippen LogP contribution in [0.2, 0.25) is 0 Å². The van der Waals surface area contributed by atoms with Gasteiger partial charge >= 0.3 is 162 Å². The monoisotopic (exact) mass is 256 g/mol. The van der Waals surface area contributed by atoms with Gasteiger partial charge in [0, 0.05) is 43.9 Å². The minimum Gasteiger partial charge on any atom is 1.00 e. The quantitative estimate of drug-likeness (QED) is 0.404. The summed E-state index contributed by atoms with van der Waals surface area (Å²) >= 11 is 0. The molecule has 0 atom stereocenters. The van der Waals surface area contributed by atoms with Gasteiger partial charge in [0.15, 0.2) is 0 Å². The summed E-state index contributed by atoms with van der Waals surface area (Å²) in [5.41, 5.74) is 0. The fourth-order valence-corrected chi connectivity index (χ4v) is 0. The fraction of sp³-hybridized carbons (Fsp3) is 0. The second kappa shape index (κ2) is 36.3. The van der Waals surface area contributed by atoms with Crippen molar-refractivity contribution in [2.75, 3.05) is 0 Å². The topological polar surface area (TPSA) is 63.2 Å². The first-order valence-electron chi connectivity index (χ1n) is 0.612. The van der Waals surface area contributed by atoms with E-state index in [1.807, 2.05) is 0 Å². The molecule has 0 aliphatic carbocycles. The Morgan fingerprint density at radius 1 is 0.900 bits per heavy atom. The fourth-order valence-electron chi connectivity index (χ4n) is 0. The van der Waals surface area contributed by atoms with Crippen LogP contribution in [0, 0.1) is 0 Å². The maximum Gasteiger partial charge on any atom is 1.00 e. The minimum atomic E-state index is -3.63. The van der Waals surface area contributed by atoms with Gasteiger partial charge < -0.3 is 14.1 Å². The number of hydrogen-bond donors (Lipinski definition) is 0. The molecule has 10 heteroatoms. The van der Waals surface area contributed by atoms with Crippen LogP contribution < -0.4 is 68.7 Å². The van der Waals surface area contributed by atoms with Gasteiger partial charge in [-0.15, -0.1) is 0 Å². The van der Waals surface area contributed by atoms with Gasteiger partial charge in [-0.25, -0.2) is 0 Å². The van der Waals surface area contributed by atoms with Crippen molar-refractivity contribution in [3.05, 3.63) is 0 Å². The Morgan fingerprint density at radius 3 is 0.900 bits per heavy atom. The van der Waals surface area contributed by atoms with E-state index in [0.29, 0.717) is 0 Å². The van der Waals surface area contributed by atoms with Crippen LogP contribution in [0.5, 0.6) is 0 Å². The summed E-state index contributed by atoms with van der Waals surface area (Å²) in [6.45, 7) is 0. The molecule has 0 saturated heterocycles. The predicted molar refractivity (Wildman–Crippen MR) is 32.2 cm³/mol. The summed E-state index contributed by atoms with van der Waals surface area (Å²) in [7, 11) is -3.63. The van der Waals surface area contributed by atoms with Crippen molar-refractivity contribution >= 4 is 147 Å². The molecule has 3 nitrogen and oxygen atoms in total. The molecule has 0 saturated carbocycles. The molecule has 0 aliphatic heterocycles. The molecule has 6 radical (unpaired) electrons. The first-order chi connectivity index (χ1) is 1.73. The minimum absolute atomic E-state index is 0. The third kappa shape index (κ3) is 66.0. The van der Waals surface area contributed by atoms with Gasteiger partial charge in [0.1, 0.15) is 0 Å². The molecular weight excluding hydrogens is 254 g/mol. The van der Waals surface area contributed by atoms with E-state index in [-0.39, 0.29) is 197 Å². The number of rotatable bonds is 0. The molecule has 0 rings (SSSR count). The van der Waals surface area contributed by atoms with Crippen LogP contribution in [0.25, 0.3) is 0 Å². The molecule has 10 heavy (non-hydrogen) atoms. The molecule has 0 aromatic rings. The van der Waals surface area contributed by atoms with Gasteiger partial charge in [-0.05, 0) is 0 Å². The smallest absolute Gasteiger partial charge is 1.00 e. The van der Waals surface area contributed by atoms with Crippen LogP contribution in [0.4, 0.5) is 0 Å². The summed E-state index contributed by atoms with van der Waals surface area (Å²) < 4.78 is 8.52. The Balaban J connectivity index is -0.00000000300. The molecule has 0 aliphatic rings. The molecule has 0 heterocycles. The van der Waals surface area contributed by atoms with Crippen molar-refractivity contribution in [3.8, 4) is 0 Å². The average molecular weight is 256 g/mol. The molecule has 0 aromatic heterocycles. The molecule has 0 bridgehead atoms. The Hall–Kier alpha value is 5.95. The van der Waals surface area contributed by atoms with Gasteiger partial charge in [-0.1, -0.05) is 0 Å². The molecule has 0 unspecified atom stereocenters. The first-order valence-corrected chi connectivity index (χ1v) is 1.84. The standard InChI is InChI=1S/2Al.2K.2Na.O3Si.2H/c;;;;;;1-4(2)3;;/q;;;;2*+1;-2;;. The van der Waals surface area contributed by atoms with E-state index in [1.165, 1.54) is 0 Å². The third-order valence-electron chi connectivity index (χ3n) is 0.